The van der Waals surface area contributed by atoms with Gasteiger partial charge in [-0.3, -0.25) is 0 Å². The summed E-state index contributed by atoms with van der Waals surface area (Å²) in [4.78, 5) is 9.74. The van der Waals surface area contributed by atoms with Crippen molar-refractivity contribution < 1.29 is 27.5 Å². The van der Waals surface area contributed by atoms with Crippen molar-refractivity contribution in [3.63, 3.8) is 0 Å². The summed E-state index contributed by atoms with van der Waals surface area (Å²) in [5.74, 6) is -9.20. The Balaban J connectivity index is 2.39. The normalized spacial score (nSPS) is 10.7. The van der Waals surface area contributed by atoms with Crippen LogP contribution in [0.15, 0.2) is 35.2 Å². The molecule has 0 saturated heterocycles. The van der Waals surface area contributed by atoms with Crippen molar-refractivity contribution in [1.82, 2.24) is 0 Å². The van der Waals surface area contributed by atoms with Gasteiger partial charge in [-0.05, 0) is 5.56 Å². The number of benzene rings is 2. The molecule has 0 amide bonds. The topological polar surface area (TPSA) is 37.3 Å². The number of rotatable bonds is 4. The van der Waals surface area contributed by atoms with Crippen LogP contribution in [-0.4, -0.2) is 11.1 Å². The highest BCUT2D eigenvalue weighted by molar-refractivity contribution is 7.98. The summed E-state index contributed by atoms with van der Waals surface area (Å²) in [5.41, 5.74) is -0.932. The molecule has 2 nitrogen and oxygen atoms in total. The van der Waals surface area contributed by atoms with Gasteiger partial charge in [0.25, 0.3) is 0 Å². The number of carboxylic acid groups (broad SMARTS) is 1. The fraction of sp³-hybridized carbons (Fsp3) is 0.0714. The molecule has 0 aliphatic carbocycles. The molecule has 2 aromatic rings. The van der Waals surface area contributed by atoms with Gasteiger partial charge in [-0.25, -0.2) is 22.4 Å². The Kier molecular flexibility index (Phi) is 4.52. The molecule has 0 bridgehead atoms. The standard InChI is InChI=1S/C14H8F4O2S/c15-9-8(14(19)20)10(16)12(18)13(11(9)17)21-6-7-4-2-1-3-5-7/h1-5H,6H2,(H,19,20). The molecular weight excluding hydrogens is 308 g/mol. The minimum atomic E-state index is -2.07. The molecule has 2 aromatic carbocycles. The van der Waals surface area contributed by atoms with Crippen LogP contribution < -0.4 is 0 Å². The van der Waals surface area contributed by atoms with E-state index in [2.05, 4.69) is 0 Å². The van der Waals surface area contributed by atoms with Gasteiger partial charge in [-0.15, -0.1) is 11.8 Å². The Hall–Kier alpha value is -2.02. The molecule has 2 rings (SSSR count). The summed E-state index contributed by atoms with van der Waals surface area (Å²) in [6.45, 7) is 0. The fourth-order valence-corrected chi connectivity index (χ4v) is 2.59. The second-order valence-electron chi connectivity index (χ2n) is 4.04. The second-order valence-corrected chi connectivity index (χ2v) is 5.03. The highest BCUT2D eigenvalue weighted by atomic mass is 32.2. The minimum absolute atomic E-state index is 0.0833. The number of carboxylic acids is 1. The van der Waals surface area contributed by atoms with E-state index in [-0.39, 0.29) is 5.75 Å². The second kappa shape index (κ2) is 6.17. The maximum Gasteiger partial charge on any atom is 0.341 e. The molecular formula is C14H8F4O2S. The average Bonchev–Trinajstić information content (AvgIpc) is 2.46. The van der Waals surface area contributed by atoms with E-state index in [4.69, 9.17) is 5.11 Å². The lowest BCUT2D eigenvalue weighted by molar-refractivity contribution is 0.0683. The van der Waals surface area contributed by atoms with Gasteiger partial charge in [0.05, 0.1) is 4.90 Å². The summed E-state index contributed by atoms with van der Waals surface area (Å²) in [6.07, 6.45) is 0. The molecule has 0 radical (unpaired) electrons. The number of hydrogen-bond donors (Lipinski definition) is 1. The summed E-state index contributed by atoms with van der Waals surface area (Å²) in [7, 11) is 0. The van der Waals surface area contributed by atoms with Crippen molar-refractivity contribution in [2.75, 3.05) is 0 Å². The third kappa shape index (κ3) is 3.02. The smallest absolute Gasteiger partial charge is 0.341 e. The summed E-state index contributed by atoms with van der Waals surface area (Å²) in [6, 6.07) is 8.52. The zero-order valence-corrected chi connectivity index (χ0v) is 11.2. The first-order valence-electron chi connectivity index (χ1n) is 5.69. The number of aromatic carboxylic acids is 1. The number of halogens is 4. The molecule has 0 atom stereocenters. The molecule has 0 aromatic heterocycles. The van der Waals surface area contributed by atoms with Crippen molar-refractivity contribution >= 4 is 17.7 Å². The minimum Gasteiger partial charge on any atom is -0.477 e. The van der Waals surface area contributed by atoms with E-state index in [9.17, 15) is 22.4 Å². The molecule has 0 fully saturated rings. The van der Waals surface area contributed by atoms with Crippen LogP contribution in [0.4, 0.5) is 17.6 Å². The van der Waals surface area contributed by atoms with Crippen LogP contribution in [0.25, 0.3) is 0 Å². The highest BCUT2D eigenvalue weighted by Crippen LogP contribution is 2.33. The number of thioether (sulfide) groups is 1. The molecule has 0 unspecified atom stereocenters. The van der Waals surface area contributed by atoms with Crippen LogP contribution in [0.5, 0.6) is 0 Å². The fourth-order valence-electron chi connectivity index (χ4n) is 1.66. The SMILES string of the molecule is O=C(O)c1c(F)c(F)c(SCc2ccccc2)c(F)c1F. The van der Waals surface area contributed by atoms with Gasteiger partial charge in [0, 0.05) is 5.75 Å². The average molecular weight is 316 g/mol. The van der Waals surface area contributed by atoms with E-state index in [1.807, 2.05) is 0 Å². The molecule has 110 valence electrons. The Bertz CT molecular complexity index is 660. The van der Waals surface area contributed by atoms with Crippen LogP contribution in [0.3, 0.4) is 0 Å². The quantitative estimate of drug-likeness (QED) is 0.521. The summed E-state index contributed by atoms with van der Waals surface area (Å²) >= 11 is 0.553. The highest BCUT2D eigenvalue weighted by Gasteiger charge is 2.29. The lowest BCUT2D eigenvalue weighted by Crippen LogP contribution is -2.11. The maximum absolute atomic E-state index is 13.7. The van der Waals surface area contributed by atoms with Crippen molar-refractivity contribution in [2.24, 2.45) is 0 Å². The first-order chi connectivity index (χ1) is 9.93. The van der Waals surface area contributed by atoms with Crippen LogP contribution in [0, 0.1) is 23.3 Å². The predicted octanol–water partition coefficient (Wildman–Crippen LogP) is 4.23. The van der Waals surface area contributed by atoms with Gasteiger partial charge in [0.1, 0.15) is 5.56 Å². The monoisotopic (exact) mass is 316 g/mol. The summed E-state index contributed by atoms with van der Waals surface area (Å²) < 4.78 is 54.4. The Labute approximate surface area is 121 Å². The molecule has 1 N–H and O–H groups in total. The van der Waals surface area contributed by atoms with Crippen molar-refractivity contribution in [1.29, 1.82) is 0 Å². The lowest BCUT2D eigenvalue weighted by atomic mass is 10.2. The Morgan fingerprint density at radius 1 is 0.952 bits per heavy atom. The first kappa shape index (κ1) is 15.4. The van der Waals surface area contributed by atoms with E-state index in [0.29, 0.717) is 17.3 Å². The molecule has 0 spiro atoms. The van der Waals surface area contributed by atoms with Crippen LogP contribution in [0.2, 0.25) is 0 Å². The van der Waals surface area contributed by atoms with Crippen LogP contribution in [-0.2, 0) is 5.75 Å². The molecule has 7 heteroatoms. The van der Waals surface area contributed by atoms with Crippen molar-refractivity contribution in [2.45, 2.75) is 10.6 Å². The van der Waals surface area contributed by atoms with E-state index >= 15 is 0 Å². The molecule has 0 aliphatic heterocycles. The van der Waals surface area contributed by atoms with Crippen molar-refractivity contribution in [3.8, 4) is 0 Å². The first-order valence-corrected chi connectivity index (χ1v) is 6.68. The number of carbonyl (C=O) groups is 1. The third-order valence-electron chi connectivity index (χ3n) is 2.66. The zero-order chi connectivity index (χ0) is 15.6. The molecule has 21 heavy (non-hydrogen) atoms. The number of hydrogen-bond acceptors (Lipinski definition) is 2. The Morgan fingerprint density at radius 2 is 1.48 bits per heavy atom. The zero-order valence-electron chi connectivity index (χ0n) is 10.4. The van der Waals surface area contributed by atoms with E-state index in [1.54, 1.807) is 30.3 Å². The molecule has 0 aliphatic rings. The molecule has 0 saturated carbocycles. The van der Waals surface area contributed by atoms with Gasteiger partial charge in [-0.2, -0.15) is 0 Å². The lowest BCUT2D eigenvalue weighted by Gasteiger charge is -2.09. The molecule has 0 heterocycles. The van der Waals surface area contributed by atoms with Gasteiger partial charge >= 0.3 is 5.97 Å². The van der Waals surface area contributed by atoms with Gasteiger partial charge in [0.15, 0.2) is 23.3 Å². The van der Waals surface area contributed by atoms with Crippen LogP contribution >= 0.6 is 11.8 Å². The van der Waals surface area contributed by atoms with E-state index in [0.717, 1.165) is 0 Å². The predicted molar refractivity (Wildman–Crippen MR) is 69.2 cm³/mol. The maximum atomic E-state index is 13.7. The van der Waals surface area contributed by atoms with Gasteiger partial charge in [-0.1, -0.05) is 30.3 Å². The van der Waals surface area contributed by atoms with Crippen molar-refractivity contribution in [3.05, 3.63) is 64.7 Å². The third-order valence-corrected chi connectivity index (χ3v) is 3.79. The van der Waals surface area contributed by atoms with E-state index in [1.165, 1.54) is 0 Å². The summed E-state index contributed by atoms with van der Waals surface area (Å²) in [5, 5.41) is 8.57. The largest absolute Gasteiger partial charge is 0.477 e. The van der Waals surface area contributed by atoms with Gasteiger partial charge < -0.3 is 5.11 Å². The van der Waals surface area contributed by atoms with Gasteiger partial charge in [0.2, 0.25) is 0 Å². The Morgan fingerprint density at radius 3 is 1.95 bits per heavy atom. The van der Waals surface area contributed by atoms with E-state index < -0.39 is 39.7 Å². The van der Waals surface area contributed by atoms with Crippen LogP contribution in [0.1, 0.15) is 15.9 Å².